The van der Waals surface area contributed by atoms with E-state index in [1.165, 1.54) is 25.7 Å². The van der Waals surface area contributed by atoms with E-state index in [9.17, 15) is 4.39 Å². The van der Waals surface area contributed by atoms with Crippen molar-refractivity contribution in [2.24, 2.45) is 11.8 Å². The van der Waals surface area contributed by atoms with Gasteiger partial charge in [0.25, 0.3) is 0 Å². The molecule has 0 bridgehead atoms. The van der Waals surface area contributed by atoms with Gasteiger partial charge in [-0.1, -0.05) is 26.2 Å². The first kappa shape index (κ1) is 13.8. The summed E-state index contributed by atoms with van der Waals surface area (Å²) < 4.78 is 16.5. The molecule has 1 aromatic heterocycles. The summed E-state index contributed by atoms with van der Waals surface area (Å²) in [5, 5.41) is 0. The van der Waals surface area contributed by atoms with Crippen molar-refractivity contribution in [2.45, 2.75) is 46.1 Å². The molecular weight excluding hydrogens is 271 g/mol. The third-order valence-corrected chi connectivity index (χ3v) is 5.08. The van der Waals surface area contributed by atoms with E-state index < -0.39 is 0 Å². The monoisotopic (exact) mass is 292 g/mol. The molecule has 1 aromatic carbocycles. The molecule has 108 valence electrons. The first-order valence-electron chi connectivity index (χ1n) is 7.45. The number of benzene rings is 1. The van der Waals surface area contributed by atoms with Crippen LogP contribution in [0, 0.1) is 29.3 Å². The van der Waals surface area contributed by atoms with Crippen LogP contribution in [0.25, 0.3) is 11.0 Å². The Kier molecular flexibility index (Phi) is 3.67. The Morgan fingerprint density at radius 3 is 2.85 bits per heavy atom. The van der Waals surface area contributed by atoms with Gasteiger partial charge >= 0.3 is 0 Å². The van der Waals surface area contributed by atoms with Crippen molar-refractivity contribution >= 4 is 23.3 Å². The Hall–Kier alpha value is -1.16. The van der Waals surface area contributed by atoms with Crippen LogP contribution in [-0.4, -0.2) is 9.55 Å². The van der Waals surface area contributed by atoms with Crippen molar-refractivity contribution in [2.75, 3.05) is 0 Å². The first-order valence-corrected chi connectivity index (χ1v) is 7.85. The Morgan fingerprint density at radius 2 is 2.10 bits per heavy atom. The maximum absolute atomic E-state index is 13.6. The highest BCUT2D eigenvalue weighted by Crippen LogP contribution is 2.32. The number of aryl methyl sites for hydroxylation is 1. The van der Waals surface area contributed by atoms with Gasteiger partial charge in [0.2, 0.25) is 0 Å². The molecule has 2 unspecified atom stereocenters. The summed E-state index contributed by atoms with van der Waals surface area (Å²) >= 11 is 5.43. The molecule has 1 aliphatic rings. The highest BCUT2D eigenvalue weighted by molar-refractivity contribution is 7.71. The second kappa shape index (κ2) is 5.32. The van der Waals surface area contributed by atoms with E-state index in [4.69, 9.17) is 12.2 Å². The Morgan fingerprint density at radius 1 is 1.35 bits per heavy atom. The highest BCUT2D eigenvalue weighted by Gasteiger charge is 2.22. The van der Waals surface area contributed by atoms with Gasteiger partial charge in [-0.25, -0.2) is 4.39 Å². The molecule has 0 amide bonds. The van der Waals surface area contributed by atoms with Gasteiger partial charge in [-0.2, -0.15) is 0 Å². The Labute approximate surface area is 124 Å². The Balaban J connectivity index is 2.00. The molecule has 3 rings (SSSR count). The summed E-state index contributed by atoms with van der Waals surface area (Å²) in [5.41, 5.74) is 2.52. The van der Waals surface area contributed by atoms with Gasteiger partial charge < -0.3 is 9.55 Å². The number of imidazole rings is 1. The molecule has 1 heterocycles. The van der Waals surface area contributed by atoms with Crippen LogP contribution in [0.2, 0.25) is 0 Å². The number of aromatic amines is 1. The minimum absolute atomic E-state index is 0.174. The summed E-state index contributed by atoms with van der Waals surface area (Å²) in [6.45, 7) is 5.09. The topological polar surface area (TPSA) is 20.7 Å². The third kappa shape index (κ3) is 2.41. The SMILES string of the molecule is Cc1cc2c(cc1F)[nH]c(=S)n2CC1CCCCC1C. The minimum atomic E-state index is -0.174. The molecule has 1 aliphatic carbocycles. The van der Waals surface area contributed by atoms with Crippen LogP contribution in [0.5, 0.6) is 0 Å². The van der Waals surface area contributed by atoms with Crippen molar-refractivity contribution in [3.8, 4) is 0 Å². The summed E-state index contributed by atoms with van der Waals surface area (Å²) in [4.78, 5) is 3.14. The van der Waals surface area contributed by atoms with E-state index >= 15 is 0 Å². The number of rotatable bonds is 2. The minimum Gasteiger partial charge on any atom is -0.330 e. The number of hydrogen-bond acceptors (Lipinski definition) is 1. The van der Waals surface area contributed by atoms with Crippen molar-refractivity contribution < 1.29 is 4.39 Å². The van der Waals surface area contributed by atoms with Crippen LogP contribution >= 0.6 is 12.2 Å². The normalized spacial score (nSPS) is 23.4. The van der Waals surface area contributed by atoms with Gasteiger partial charge in [0.05, 0.1) is 11.0 Å². The summed E-state index contributed by atoms with van der Waals surface area (Å²) in [5.74, 6) is 1.25. The van der Waals surface area contributed by atoms with E-state index in [0.29, 0.717) is 16.3 Å². The van der Waals surface area contributed by atoms with Gasteiger partial charge in [-0.05, 0) is 55.1 Å². The molecule has 2 aromatic rings. The average molecular weight is 292 g/mol. The maximum Gasteiger partial charge on any atom is 0.178 e. The lowest BCUT2D eigenvalue weighted by molar-refractivity contribution is 0.230. The predicted octanol–water partition coefficient (Wildman–Crippen LogP) is 4.97. The van der Waals surface area contributed by atoms with Crippen LogP contribution < -0.4 is 0 Å². The van der Waals surface area contributed by atoms with E-state index in [-0.39, 0.29) is 5.82 Å². The van der Waals surface area contributed by atoms with Gasteiger partial charge in [-0.3, -0.25) is 0 Å². The first-order chi connectivity index (χ1) is 9.56. The van der Waals surface area contributed by atoms with Gasteiger partial charge in [-0.15, -0.1) is 0 Å². The van der Waals surface area contributed by atoms with Crippen LogP contribution in [-0.2, 0) is 6.54 Å². The van der Waals surface area contributed by atoms with Crippen LogP contribution in [0.15, 0.2) is 12.1 Å². The number of nitrogens with one attached hydrogen (secondary N) is 1. The maximum atomic E-state index is 13.6. The molecule has 4 heteroatoms. The quantitative estimate of drug-likeness (QED) is 0.775. The zero-order valence-corrected chi connectivity index (χ0v) is 12.9. The predicted molar refractivity (Wildman–Crippen MR) is 82.9 cm³/mol. The molecule has 20 heavy (non-hydrogen) atoms. The molecule has 1 fully saturated rings. The number of fused-ring (bicyclic) bond motifs is 1. The fourth-order valence-electron chi connectivity index (χ4n) is 3.36. The molecule has 2 nitrogen and oxygen atoms in total. The van der Waals surface area contributed by atoms with Gasteiger partial charge in [0, 0.05) is 6.54 Å². The summed E-state index contributed by atoms with van der Waals surface area (Å²) in [6, 6.07) is 3.46. The Bertz CT molecular complexity index is 686. The fraction of sp³-hybridized carbons (Fsp3) is 0.562. The standard InChI is InChI=1S/C16H21FN2S/c1-10-5-3-4-6-12(10)9-19-15-7-11(2)13(17)8-14(15)18-16(19)20/h7-8,10,12H,3-6,9H2,1-2H3,(H,18,20). The molecule has 2 atom stereocenters. The van der Waals surface area contributed by atoms with Crippen molar-refractivity contribution in [1.29, 1.82) is 0 Å². The van der Waals surface area contributed by atoms with Crippen molar-refractivity contribution in [3.05, 3.63) is 28.3 Å². The molecule has 1 N–H and O–H groups in total. The van der Waals surface area contributed by atoms with E-state index in [2.05, 4.69) is 16.5 Å². The second-order valence-corrected chi connectivity index (χ2v) is 6.57. The lowest BCUT2D eigenvalue weighted by atomic mass is 9.80. The number of aromatic nitrogens is 2. The van der Waals surface area contributed by atoms with Crippen molar-refractivity contribution in [3.63, 3.8) is 0 Å². The summed E-state index contributed by atoms with van der Waals surface area (Å²) in [7, 11) is 0. The lowest BCUT2D eigenvalue weighted by Crippen LogP contribution is -2.22. The van der Waals surface area contributed by atoms with E-state index in [1.807, 2.05) is 6.07 Å². The molecule has 0 radical (unpaired) electrons. The number of nitrogens with zero attached hydrogens (tertiary/aromatic N) is 1. The van der Waals surface area contributed by atoms with Crippen molar-refractivity contribution in [1.82, 2.24) is 9.55 Å². The molecule has 0 spiro atoms. The second-order valence-electron chi connectivity index (χ2n) is 6.18. The van der Waals surface area contributed by atoms with Crippen LogP contribution in [0.4, 0.5) is 4.39 Å². The molecule has 1 saturated carbocycles. The van der Waals surface area contributed by atoms with E-state index in [0.717, 1.165) is 23.5 Å². The zero-order chi connectivity index (χ0) is 14.3. The number of hydrogen-bond donors (Lipinski definition) is 1. The van der Waals surface area contributed by atoms with Gasteiger partial charge in [0.15, 0.2) is 4.77 Å². The van der Waals surface area contributed by atoms with Crippen LogP contribution in [0.1, 0.15) is 38.2 Å². The highest BCUT2D eigenvalue weighted by atomic mass is 32.1. The largest absolute Gasteiger partial charge is 0.330 e. The van der Waals surface area contributed by atoms with E-state index in [1.54, 1.807) is 13.0 Å². The lowest BCUT2D eigenvalue weighted by Gasteiger charge is -2.29. The number of H-pyrrole nitrogens is 1. The number of halogens is 1. The smallest absolute Gasteiger partial charge is 0.178 e. The average Bonchev–Trinajstić information content (AvgIpc) is 2.69. The molecule has 0 aliphatic heterocycles. The third-order valence-electron chi connectivity index (χ3n) is 4.76. The zero-order valence-electron chi connectivity index (χ0n) is 12.1. The fourth-order valence-corrected chi connectivity index (χ4v) is 3.64. The molecular formula is C16H21FN2S. The van der Waals surface area contributed by atoms with Crippen LogP contribution in [0.3, 0.4) is 0 Å². The molecule has 0 saturated heterocycles. The van der Waals surface area contributed by atoms with Gasteiger partial charge in [0.1, 0.15) is 5.82 Å². The summed E-state index contributed by atoms with van der Waals surface area (Å²) in [6.07, 6.45) is 5.25.